The van der Waals surface area contributed by atoms with Crippen molar-refractivity contribution < 1.29 is 14.3 Å². The molecule has 1 heterocycles. The van der Waals surface area contributed by atoms with Crippen molar-refractivity contribution in [1.82, 2.24) is 0 Å². The van der Waals surface area contributed by atoms with E-state index in [0.717, 1.165) is 0 Å². The summed E-state index contributed by atoms with van der Waals surface area (Å²) in [6.45, 7) is 0. The molecule has 3 rings (SSSR count). The summed E-state index contributed by atoms with van der Waals surface area (Å²) in [6.07, 6.45) is 2.91. The molecule has 20 heavy (non-hydrogen) atoms. The molecular weight excluding hydrogens is 252 g/mol. The number of rotatable bonds is 1. The lowest BCUT2D eigenvalue weighted by Crippen LogP contribution is -2.16. The Bertz CT molecular complexity index is 545. The average Bonchev–Trinajstić information content (AvgIpc) is 2.53. The number of esters is 1. The monoisotopic (exact) mass is 266 g/mol. The molecule has 0 fully saturated rings. The van der Waals surface area contributed by atoms with Crippen LogP contribution in [0.1, 0.15) is 6.42 Å². The molecule has 0 spiro atoms. The SMILES string of the molecule is O=C1CC=COC1=O.c1ccc(-c2ccccc2)cc1. The topological polar surface area (TPSA) is 43.4 Å². The maximum Gasteiger partial charge on any atom is 0.379 e. The van der Waals surface area contributed by atoms with Gasteiger partial charge in [0.25, 0.3) is 0 Å². The molecule has 1 aliphatic heterocycles. The summed E-state index contributed by atoms with van der Waals surface area (Å²) in [5, 5.41) is 0. The van der Waals surface area contributed by atoms with E-state index in [4.69, 9.17) is 0 Å². The quantitative estimate of drug-likeness (QED) is 0.587. The number of cyclic esters (lactones) is 1. The Hall–Kier alpha value is -2.68. The number of carbonyl (C=O) groups is 2. The van der Waals surface area contributed by atoms with Crippen molar-refractivity contribution in [1.29, 1.82) is 0 Å². The summed E-state index contributed by atoms with van der Waals surface area (Å²) >= 11 is 0. The Labute approximate surface area is 117 Å². The third-order valence-corrected chi connectivity index (χ3v) is 2.68. The first-order chi connectivity index (χ1) is 9.77. The first-order valence-corrected chi connectivity index (χ1v) is 6.26. The van der Waals surface area contributed by atoms with E-state index in [1.165, 1.54) is 23.5 Å². The summed E-state index contributed by atoms with van der Waals surface area (Å²) in [6, 6.07) is 20.8. The van der Waals surface area contributed by atoms with Gasteiger partial charge < -0.3 is 4.74 Å². The van der Waals surface area contributed by atoms with E-state index in [-0.39, 0.29) is 6.42 Å². The van der Waals surface area contributed by atoms with Crippen molar-refractivity contribution in [2.24, 2.45) is 0 Å². The molecular formula is C17H14O3. The van der Waals surface area contributed by atoms with Crippen LogP contribution in [0.15, 0.2) is 73.0 Å². The normalized spacial score (nSPS) is 13.2. The summed E-state index contributed by atoms with van der Waals surface area (Å²) in [5.41, 5.74) is 2.55. The summed E-state index contributed by atoms with van der Waals surface area (Å²) in [7, 11) is 0. The van der Waals surface area contributed by atoms with Crippen LogP contribution in [0.5, 0.6) is 0 Å². The maximum atomic E-state index is 10.3. The Morgan fingerprint density at radius 3 is 1.60 bits per heavy atom. The second kappa shape index (κ2) is 7.04. The fourth-order valence-electron chi connectivity index (χ4n) is 1.68. The number of Topliss-reactive ketones (excluding diaryl/α,β-unsaturated/α-hetero) is 1. The maximum absolute atomic E-state index is 10.3. The molecule has 0 N–H and O–H groups in total. The number of carbonyl (C=O) groups excluding carboxylic acids is 2. The van der Waals surface area contributed by atoms with Crippen LogP contribution in [0, 0.1) is 0 Å². The van der Waals surface area contributed by atoms with E-state index in [0.29, 0.717) is 0 Å². The van der Waals surface area contributed by atoms with Crippen molar-refractivity contribution in [2.45, 2.75) is 6.42 Å². The van der Waals surface area contributed by atoms with Gasteiger partial charge >= 0.3 is 5.97 Å². The minimum Gasteiger partial charge on any atom is -0.429 e. The Morgan fingerprint density at radius 2 is 1.25 bits per heavy atom. The first kappa shape index (κ1) is 13.7. The smallest absolute Gasteiger partial charge is 0.379 e. The van der Waals surface area contributed by atoms with Crippen LogP contribution in [0.2, 0.25) is 0 Å². The molecule has 100 valence electrons. The zero-order valence-electron chi connectivity index (χ0n) is 10.9. The van der Waals surface area contributed by atoms with E-state index >= 15 is 0 Å². The molecule has 3 heteroatoms. The van der Waals surface area contributed by atoms with Gasteiger partial charge in [0.15, 0.2) is 0 Å². The Balaban J connectivity index is 0.000000160. The number of ketones is 1. The van der Waals surface area contributed by atoms with Gasteiger partial charge in [-0.3, -0.25) is 4.79 Å². The molecule has 2 aromatic carbocycles. The Morgan fingerprint density at radius 1 is 0.750 bits per heavy atom. The Kier molecular flexibility index (Phi) is 4.84. The van der Waals surface area contributed by atoms with Crippen LogP contribution in [-0.4, -0.2) is 11.8 Å². The van der Waals surface area contributed by atoms with E-state index in [1.807, 2.05) is 12.1 Å². The van der Waals surface area contributed by atoms with Crippen LogP contribution in [0.4, 0.5) is 0 Å². The van der Waals surface area contributed by atoms with Crippen LogP contribution in [0.25, 0.3) is 11.1 Å². The number of hydrogen-bond donors (Lipinski definition) is 0. The summed E-state index contributed by atoms with van der Waals surface area (Å²) in [5.74, 6) is -1.24. The van der Waals surface area contributed by atoms with Gasteiger partial charge in [-0.05, 0) is 17.2 Å². The predicted molar refractivity (Wildman–Crippen MR) is 76.7 cm³/mol. The molecule has 0 bridgehead atoms. The lowest BCUT2D eigenvalue weighted by Gasteiger charge is -1.99. The van der Waals surface area contributed by atoms with Crippen molar-refractivity contribution in [3.05, 3.63) is 73.0 Å². The molecule has 0 saturated carbocycles. The van der Waals surface area contributed by atoms with Gasteiger partial charge in [0.2, 0.25) is 5.78 Å². The van der Waals surface area contributed by atoms with Crippen LogP contribution >= 0.6 is 0 Å². The van der Waals surface area contributed by atoms with E-state index in [1.54, 1.807) is 0 Å². The van der Waals surface area contributed by atoms with Crippen LogP contribution in [-0.2, 0) is 14.3 Å². The number of allylic oxidation sites excluding steroid dienone is 1. The van der Waals surface area contributed by atoms with E-state index in [2.05, 4.69) is 53.3 Å². The number of hydrogen-bond acceptors (Lipinski definition) is 3. The lowest BCUT2D eigenvalue weighted by molar-refractivity contribution is -0.150. The summed E-state index contributed by atoms with van der Waals surface area (Å²) in [4.78, 5) is 20.4. The molecule has 0 radical (unpaired) electrons. The number of benzene rings is 2. The zero-order valence-corrected chi connectivity index (χ0v) is 10.9. The minimum absolute atomic E-state index is 0.179. The van der Waals surface area contributed by atoms with Crippen LogP contribution < -0.4 is 0 Å². The molecule has 0 aromatic heterocycles. The standard InChI is InChI=1S/C12H10.C5H4O3/c1-3-7-11(8-4-1)12-9-5-2-6-10-12;6-4-2-1-3-8-5(4)7/h1-10H;1,3H,2H2. The van der Waals surface area contributed by atoms with Gasteiger partial charge in [-0.15, -0.1) is 0 Å². The molecule has 0 saturated heterocycles. The summed E-state index contributed by atoms with van der Waals surface area (Å²) < 4.78 is 4.22. The van der Waals surface area contributed by atoms with E-state index in [9.17, 15) is 9.59 Å². The highest BCUT2D eigenvalue weighted by atomic mass is 16.5. The van der Waals surface area contributed by atoms with Gasteiger partial charge in [-0.2, -0.15) is 0 Å². The van der Waals surface area contributed by atoms with Gasteiger partial charge in [0.1, 0.15) is 0 Å². The second-order valence-corrected chi connectivity index (χ2v) is 4.14. The highest BCUT2D eigenvalue weighted by molar-refractivity contribution is 6.34. The molecule has 0 amide bonds. The molecule has 3 nitrogen and oxygen atoms in total. The lowest BCUT2D eigenvalue weighted by atomic mass is 10.1. The minimum atomic E-state index is -0.757. The molecule has 1 aliphatic rings. The van der Waals surface area contributed by atoms with Crippen molar-refractivity contribution in [3.63, 3.8) is 0 Å². The third-order valence-electron chi connectivity index (χ3n) is 2.68. The van der Waals surface area contributed by atoms with E-state index < -0.39 is 11.8 Å². The molecule has 0 unspecified atom stereocenters. The van der Waals surface area contributed by atoms with Crippen molar-refractivity contribution in [2.75, 3.05) is 0 Å². The molecule has 2 aromatic rings. The second-order valence-electron chi connectivity index (χ2n) is 4.14. The fraction of sp³-hybridized carbons (Fsp3) is 0.0588. The van der Waals surface area contributed by atoms with Gasteiger partial charge in [-0.1, -0.05) is 60.7 Å². The fourth-order valence-corrected chi connectivity index (χ4v) is 1.68. The highest BCUT2D eigenvalue weighted by Gasteiger charge is 2.15. The van der Waals surface area contributed by atoms with Crippen molar-refractivity contribution >= 4 is 11.8 Å². The van der Waals surface area contributed by atoms with Crippen LogP contribution in [0.3, 0.4) is 0 Å². The predicted octanol–water partition coefficient (Wildman–Crippen LogP) is 3.37. The van der Waals surface area contributed by atoms with Gasteiger partial charge in [0, 0.05) is 6.42 Å². The molecule has 0 aliphatic carbocycles. The number of ether oxygens (including phenoxy) is 1. The largest absolute Gasteiger partial charge is 0.429 e. The van der Waals surface area contributed by atoms with Crippen molar-refractivity contribution in [3.8, 4) is 11.1 Å². The third kappa shape index (κ3) is 3.92. The highest BCUT2D eigenvalue weighted by Crippen LogP contribution is 2.17. The zero-order chi connectivity index (χ0) is 14.2. The van der Waals surface area contributed by atoms with Gasteiger partial charge in [0.05, 0.1) is 6.26 Å². The average molecular weight is 266 g/mol. The first-order valence-electron chi connectivity index (χ1n) is 6.26. The molecule has 0 atom stereocenters. The van der Waals surface area contributed by atoms with Gasteiger partial charge in [-0.25, -0.2) is 4.79 Å².